The lowest BCUT2D eigenvalue weighted by Gasteiger charge is -2.09. The number of unbranched alkanes of at least 4 members (excludes halogenated alkanes) is 1. The van der Waals surface area contributed by atoms with Crippen LogP contribution in [0.15, 0.2) is 48.5 Å². The maximum atomic E-state index is 12.7. The topological polar surface area (TPSA) is 119 Å². The Balaban J connectivity index is 1.47. The number of nitrogens with zero attached hydrogens (tertiary/aromatic N) is 5. The van der Waals surface area contributed by atoms with E-state index in [-0.39, 0.29) is 18.9 Å². The van der Waals surface area contributed by atoms with E-state index in [9.17, 15) is 9.90 Å². The van der Waals surface area contributed by atoms with E-state index in [4.69, 9.17) is 4.74 Å². The number of carbonyl (C=O) groups excluding carboxylic acids is 1. The quantitative estimate of drug-likeness (QED) is 0.378. The summed E-state index contributed by atoms with van der Waals surface area (Å²) in [5.74, 6) is 0.762. The second-order valence-corrected chi connectivity index (χ2v) is 7.70. The molecule has 0 saturated heterocycles. The van der Waals surface area contributed by atoms with Gasteiger partial charge in [-0.25, -0.2) is 9.78 Å². The van der Waals surface area contributed by atoms with Crippen LogP contribution >= 0.6 is 0 Å². The summed E-state index contributed by atoms with van der Waals surface area (Å²) in [6.07, 6.45) is 2.74. The number of tetrazole rings is 1. The summed E-state index contributed by atoms with van der Waals surface area (Å²) in [6.45, 7) is 1.94. The van der Waals surface area contributed by atoms with Gasteiger partial charge in [-0.05, 0) is 28.3 Å². The van der Waals surface area contributed by atoms with Crippen molar-refractivity contribution in [2.45, 2.75) is 39.4 Å². The van der Waals surface area contributed by atoms with Crippen LogP contribution in [0.3, 0.4) is 0 Å². The van der Waals surface area contributed by atoms with Gasteiger partial charge in [0.25, 0.3) is 0 Å². The first-order chi connectivity index (χ1) is 16.1. The van der Waals surface area contributed by atoms with Gasteiger partial charge >= 0.3 is 5.97 Å². The van der Waals surface area contributed by atoms with Gasteiger partial charge in [0.15, 0.2) is 5.69 Å². The van der Waals surface area contributed by atoms with Crippen LogP contribution < -0.4 is 0 Å². The highest BCUT2D eigenvalue weighted by Crippen LogP contribution is 2.29. The van der Waals surface area contributed by atoms with Crippen molar-refractivity contribution in [2.24, 2.45) is 7.05 Å². The molecule has 0 aliphatic carbocycles. The molecule has 4 aromatic rings. The number of hydrogen-bond acceptors (Lipinski definition) is 7. The fourth-order valence-electron chi connectivity index (χ4n) is 3.69. The summed E-state index contributed by atoms with van der Waals surface area (Å²) < 4.78 is 7.28. The standard InChI is InChI=1S/C24H26N6O3/c1-3-4-9-21-25-22(20(14-31)30(21)2)24(32)33-15-16-10-12-17(13-11-16)18-7-5-6-8-19(18)23-26-28-29-27-23/h5-8,10-13,31H,3-4,9,14-15H2,1-2H3,(H,26,27,28,29). The van der Waals surface area contributed by atoms with Crippen molar-refractivity contribution in [1.29, 1.82) is 0 Å². The average molecular weight is 447 g/mol. The van der Waals surface area contributed by atoms with E-state index in [2.05, 4.69) is 32.5 Å². The number of ether oxygens (including phenoxy) is 1. The maximum Gasteiger partial charge on any atom is 0.359 e. The highest BCUT2D eigenvalue weighted by molar-refractivity contribution is 5.88. The lowest BCUT2D eigenvalue weighted by Crippen LogP contribution is -2.10. The van der Waals surface area contributed by atoms with E-state index < -0.39 is 5.97 Å². The Labute approximate surface area is 191 Å². The number of aliphatic hydroxyl groups is 1. The Hall–Kier alpha value is -3.85. The Morgan fingerprint density at radius 2 is 1.88 bits per heavy atom. The molecule has 33 heavy (non-hydrogen) atoms. The Morgan fingerprint density at radius 1 is 1.12 bits per heavy atom. The summed E-state index contributed by atoms with van der Waals surface area (Å²) in [5, 5.41) is 24.0. The highest BCUT2D eigenvalue weighted by atomic mass is 16.5. The molecule has 0 bridgehead atoms. The van der Waals surface area contributed by atoms with E-state index in [0.29, 0.717) is 11.5 Å². The molecule has 9 heteroatoms. The van der Waals surface area contributed by atoms with Crippen molar-refractivity contribution in [3.8, 4) is 22.5 Å². The highest BCUT2D eigenvalue weighted by Gasteiger charge is 2.21. The average Bonchev–Trinajstić information content (AvgIpc) is 3.50. The molecule has 0 amide bonds. The van der Waals surface area contributed by atoms with Gasteiger partial charge in [0.2, 0.25) is 5.82 Å². The molecular formula is C24H26N6O3. The number of H-pyrrole nitrogens is 1. The van der Waals surface area contributed by atoms with Crippen LogP contribution in [0.4, 0.5) is 0 Å². The smallest absolute Gasteiger partial charge is 0.359 e. The van der Waals surface area contributed by atoms with Gasteiger partial charge in [-0.15, -0.1) is 10.2 Å². The van der Waals surface area contributed by atoms with Crippen molar-refractivity contribution < 1.29 is 14.6 Å². The number of esters is 1. The third-order valence-corrected chi connectivity index (χ3v) is 5.55. The van der Waals surface area contributed by atoms with Crippen molar-refractivity contribution in [1.82, 2.24) is 30.2 Å². The summed E-state index contributed by atoms with van der Waals surface area (Å²) in [6, 6.07) is 15.6. The van der Waals surface area contributed by atoms with Gasteiger partial charge < -0.3 is 14.4 Å². The van der Waals surface area contributed by atoms with Crippen molar-refractivity contribution in [3.05, 3.63) is 71.3 Å². The fraction of sp³-hybridized carbons (Fsp3) is 0.292. The van der Waals surface area contributed by atoms with Crippen LogP contribution in [0.5, 0.6) is 0 Å². The zero-order valence-electron chi connectivity index (χ0n) is 18.7. The molecule has 0 aliphatic rings. The SMILES string of the molecule is CCCCc1nc(C(=O)OCc2ccc(-c3ccccc3-c3nn[nH]n3)cc2)c(CO)n1C. The van der Waals surface area contributed by atoms with E-state index in [0.717, 1.165) is 47.3 Å². The fourth-order valence-corrected chi connectivity index (χ4v) is 3.69. The van der Waals surface area contributed by atoms with E-state index in [1.807, 2.05) is 55.6 Å². The van der Waals surface area contributed by atoms with Crippen LogP contribution in [-0.2, 0) is 31.4 Å². The molecule has 0 radical (unpaired) electrons. The minimum absolute atomic E-state index is 0.108. The molecule has 9 nitrogen and oxygen atoms in total. The van der Waals surface area contributed by atoms with Crippen molar-refractivity contribution in [2.75, 3.05) is 0 Å². The minimum Gasteiger partial charge on any atom is -0.456 e. The largest absolute Gasteiger partial charge is 0.456 e. The molecule has 0 saturated carbocycles. The number of aliphatic hydroxyl groups excluding tert-OH is 1. The van der Waals surface area contributed by atoms with Crippen molar-refractivity contribution >= 4 is 5.97 Å². The number of aromatic nitrogens is 6. The first-order valence-corrected chi connectivity index (χ1v) is 10.9. The molecule has 170 valence electrons. The summed E-state index contributed by atoms with van der Waals surface area (Å²) >= 11 is 0. The number of benzene rings is 2. The zero-order valence-corrected chi connectivity index (χ0v) is 18.7. The number of rotatable bonds is 9. The molecule has 2 heterocycles. The van der Waals surface area contributed by atoms with Crippen LogP contribution in [0, 0.1) is 0 Å². The summed E-state index contributed by atoms with van der Waals surface area (Å²) in [4.78, 5) is 17.1. The van der Waals surface area contributed by atoms with E-state index >= 15 is 0 Å². The molecule has 0 atom stereocenters. The number of nitrogens with one attached hydrogen (secondary N) is 1. The van der Waals surface area contributed by atoms with Crippen LogP contribution in [-0.4, -0.2) is 41.3 Å². The number of aryl methyl sites for hydroxylation is 1. The summed E-state index contributed by atoms with van der Waals surface area (Å²) in [5.41, 5.74) is 4.32. The Morgan fingerprint density at radius 3 is 2.55 bits per heavy atom. The van der Waals surface area contributed by atoms with Gasteiger partial charge in [0.1, 0.15) is 12.4 Å². The third kappa shape index (κ3) is 4.83. The minimum atomic E-state index is -0.538. The van der Waals surface area contributed by atoms with Gasteiger partial charge in [0.05, 0.1) is 12.3 Å². The summed E-state index contributed by atoms with van der Waals surface area (Å²) in [7, 11) is 1.81. The zero-order chi connectivity index (χ0) is 23.2. The van der Waals surface area contributed by atoms with Gasteiger partial charge in [-0.1, -0.05) is 61.9 Å². The molecule has 0 fully saturated rings. The van der Waals surface area contributed by atoms with E-state index in [1.54, 1.807) is 4.57 Å². The molecule has 2 aromatic carbocycles. The molecule has 0 aliphatic heterocycles. The van der Waals surface area contributed by atoms with Crippen molar-refractivity contribution in [3.63, 3.8) is 0 Å². The number of aromatic amines is 1. The van der Waals surface area contributed by atoms with E-state index in [1.165, 1.54) is 0 Å². The third-order valence-electron chi connectivity index (χ3n) is 5.55. The molecule has 0 spiro atoms. The predicted molar refractivity (Wildman–Crippen MR) is 122 cm³/mol. The maximum absolute atomic E-state index is 12.7. The van der Waals surface area contributed by atoms with Crippen LogP contribution in [0.1, 0.15) is 47.3 Å². The number of carbonyl (C=O) groups is 1. The van der Waals surface area contributed by atoms with Gasteiger partial charge in [0, 0.05) is 19.0 Å². The monoisotopic (exact) mass is 446 g/mol. The second-order valence-electron chi connectivity index (χ2n) is 7.70. The lowest BCUT2D eigenvalue weighted by atomic mass is 9.98. The first kappa shape index (κ1) is 22.3. The first-order valence-electron chi connectivity index (χ1n) is 10.9. The Kier molecular flexibility index (Phi) is 6.89. The predicted octanol–water partition coefficient (Wildman–Crippen LogP) is 3.46. The molecule has 4 rings (SSSR count). The molecular weight excluding hydrogens is 420 g/mol. The second kappa shape index (κ2) is 10.2. The van der Waals surface area contributed by atoms with Gasteiger partial charge in [-0.2, -0.15) is 5.21 Å². The normalized spacial score (nSPS) is 11.0. The van der Waals surface area contributed by atoms with Crippen LogP contribution in [0.25, 0.3) is 22.5 Å². The van der Waals surface area contributed by atoms with Crippen LogP contribution in [0.2, 0.25) is 0 Å². The Bertz CT molecular complexity index is 1220. The number of hydrogen-bond donors (Lipinski definition) is 2. The molecule has 2 aromatic heterocycles. The van der Waals surface area contributed by atoms with Gasteiger partial charge in [-0.3, -0.25) is 0 Å². The lowest BCUT2D eigenvalue weighted by molar-refractivity contribution is 0.0462. The molecule has 0 unspecified atom stereocenters. The number of imidazole rings is 1. The molecule has 2 N–H and O–H groups in total.